The Hall–Kier alpha value is -0.0700. The number of rotatable bonds is 3. The second kappa shape index (κ2) is 4.25. The van der Waals surface area contributed by atoms with Crippen LogP contribution in [0.3, 0.4) is 0 Å². The summed E-state index contributed by atoms with van der Waals surface area (Å²) in [5, 5.41) is 0. The molecule has 0 heterocycles. The lowest BCUT2D eigenvalue weighted by Gasteiger charge is -2.03. The van der Waals surface area contributed by atoms with Gasteiger partial charge in [0.1, 0.15) is 7.71 Å². The van der Waals surface area contributed by atoms with Crippen LogP contribution in [-0.2, 0) is 40.9 Å². The Balaban J connectivity index is 2.56. The Morgan fingerprint density at radius 1 is 1.25 bits per heavy atom. The van der Waals surface area contributed by atoms with E-state index in [1.807, 2.05) is 30.3 Å². The van der Waals surface area contributed by atoms with Crippen LogP contribution in [-0.4, -0.2) is 4.55 Å². The van der Waals surface area contributed by atoms with E-state index in [4.69, 9.17) is 8.74 Å². The summed E-state index contributed by atoms with van der Waals surface area (Å²) in [5.41, 5.74) is 0.957. The van der Waals surface area contributed by atoms with Crippen molar-refractivity contribution in [3.63, 3.8) is 0 Å². The maximum absolute atomic E-state index is 8.97. The first-order valence-corrected chi connectivity index (χ1v) is 6.60. The van der Waals surface area contributed by atoms with Gasteiger partial charge in [-0.05, 0) is 5.56 Å². The lowest BCUT2D eigenvalue weighted by molar-refractivity contribution is 0.324. The van der Waals surface area contributed by atoms with Crippen molar-refractivity contribution in [1.82, 2.24) is 0 Å². The molecule has 12 heavy (non-hydrogen) atoms. The molecule has 0 amide bonds. The third-order valence-electron chi connectivity index (χ3n) is 1.22. The monoisotopic (exact) mass is 220 g/mol. The van der Waals surface area contributed by atoms with Gasteiger partial charge in [0.05, 0.1) is 6.61 Å². The predicted molar refractivity (Wildman–Crippen MR) is 56.0 cm³/mol. The van der Waals surface area contributed by atoms with Crippen LogP contribution in [0, 0.1) is 0 Å². The maximum atomic E-state index is 8.97. The largest absolute Gasteiger partial charge is 0.306 e. The highest BCUT2D eigenvalue weighted by atomic mass is 33.1. The van der Waals surface area contributed by atoms with Gasteiger partial charge >= 0.3 is 0 Å². The van der Waals surface area contributed by atoms with Crippen molar-refractivity contribution < 1.29 is 8.74 Å². The highest BCUT2D eigenvalue weighted by Crippen LogP contribution is 2.02. The van der Waals surface area contributed by atoms with Gasteiger partial charge in [0.25, 0.3) is 0 Å². The van der Waals surface area contributed by atoms with Gasteiger partial charge in [-0.25, -0.2) is 0 Å². The Morgan fingerprint density at radius 2 is 1.83 bits per heavy atom. The van der Waals surface area contributed by atoms with Gasteiger partial charge in [-0.3, -0.25) is 4.18 Å². The van der Waals surface area contributed by atoms with Gasteiger partial charge in [0, 0.05) is 22.4 Å². The van der Waals surface area contributed by atoms with E-state index in [1.54, 1.807) is 0 Å². The van der Waals surface area contributed by atoms with Gasteiger partial charge in [0.15, 0.2) is 0 Å². The molecule has 66 valence electrons. The van der Waals surface area contributed by atoms with Crippen molar-refractivity contribution in [1.29, 1.82) is 0 Å². The fourth-order valence-corrected chi connectivity index (χ4v) is 1.29. The molecule has 0 spiro atoms. The fraction of sp³-hybridized carbons (Fsp3) is 0.143. The molecule has 0 fully saturated rings. The summed E-state index contributed by atoms with van der Waals surface area (Å²) < 4.78 is 13.9. The van der Waals surface area contributed by atoms with Crippen LogP contribution in [0.25, 0.3) is 0 Å². The SMILES string of the molecule is OS(=S)(=S)OCc1ccccc1. The van der Waals surface area contributed by atoms with Crippen molar-refractivity contribution in [3.05, 3.63) is 35.9 Å². The smallest absolute Gasteiger partial charge is 0.135 e. The van der Waals surface area contributed by atoms with Crippen LogP contribution < -0.4 is 0 Å². The molecule has 0 aliphatic heterocycles. The summed E-state index contributed by atoms with van der Waals surface area (Å²) in [6.45, 7) is 0.277. The van der Waals surface area contributed by atoms with E-state index in [2.05, 4.69) is 22.4 Å². The molecule has 0 bridgehead atoms. The van der Waals surface area contributed by atoms with Gasteiger partial charge in [-0.1, -0.05) is 30.3 Å². The molecule has 1 rings (SSSR count). The highest BCUT2D eigenvalue weighted by molar-refractivity contribution is 8.51. The molecular weight excluding hydrogens is 212 g/mol. The van der Waals surface area contributed by atoms with Crippen molar-refractivity contribution in [2.75, 3.05) is 0 Å². The summed E-state index contributed by atoms with van der Waals surface area (Å²) in [7, 11) is -2.66. The molecule has 0 aliphatic carbocycles. The van der Waals surface area contributed by atoms with E-state index in [9.17, 15) is 0 Å². The first-order chi connectivity index (χ1) is 5.58. The quantitative estimate of drug-likeness (QED) is 0.839. The van der Waals surface area contributed by atoms with E-state index in [-0.39, 0.29) is 6.61 Å². The first-order valence-electron chi connectivity index (χ1n) is 3.24. The molecule has 0 saturated carbocycles. The molecule has 0 aliphatic rings. The zero-order valence-corrected chi connectivity index (χ0v) is 8.62. The minimum absolute atomic E-state index is 0.277. The number of hydrogen-bond donors (Lipinski definition) is 1. The average Bonchev–Trinajstić information content (AvgIpc) is 2.02. The van der Waals surface area contributed by atoms with E-state index >= 15 is 0 Å². The van der Waals surface area contributed by atoms with Crippen LogP contribution in [0.2, 0.25) is 0 Å². The molecule has 2 nitrogen and oxygen atoms in total. The third kappa shape index (κ3) is 4.08. The van der Waals surface area contributed by atoms with Crippen LogP contribution >= 0.6 is 0 Å². The molecule has 1 aromatic rings. The minimum Gasteiger partial charge on any atom is -0.306 e. The van der Waals surface area contributed by atoms with E-state index in [1.165, 1.54) is 0 Å². The minimum atomic E-state index is -2.66. The lowest BCUT2D eigenvalue weighted by Crippen LogP contribution is -2.00. The van der Waals surface area contributed by atoms with Crippen molar-refractivity contribution in [2.45, 2.75) is 6.61 Å². The average molecular weight is 220 g/mol. The van der Waals surface area contributed by atoms with Crippen LogP contribution in [0.15, 0.2) is 30.3 Å². The van der Waals surface area contributed by atoms with Crippen molar-refractivity contribution >= 4 is 30.1 Å². The summed E-state index contributed by atoms with van der Waals surface area (Å²) in [6.07, 6.45) is 0. The Kier molecular flexibility index (Phi) is 3.54. The summed E-state index contributed by atoms with van der Waals surface area (Å²) in [6, 6.07) is 9.45. The standard InChI is InChI=1S/C7H8O2S3/c8-12(10,11)9-6-7-4-2-1-3-5-7/h1-5H,6H2,(H,8,10,11). The zero-order chi connectivity index (χ0) is 9.03. The molecule has 0 atom stereocenters. The van der Waals surface area contributed by atoms with E-state index in [0.717, 1.165) is 5.56 Å². The van der Waals surface area contributed by atoms with E-state index < -0.39 is 7.71 Å². The van der Waals surface area contributed by atoms with Crippen LogP contribution in [0.1, 0.15) is 5.56 Å². The third-order valence-corrected chi connectivity index (χ3v) is 2.21. The van der Waals surface area contributed by atoms with Gasteiger partial charge in [-0.15, -0.1) is 0 Å². The normalized spacial score (nSPS) is 11.4. The summed E-state index contributed by atoms with van der Waals surface area (Å²) in [5.74, 6) is 0. The Bertz CT molecular complexity index is 331. The second-order valence-electron chi connectivity index (χ2n) is 2.18. The second-order valence-corrected chi connectivity index (χ2v) is 6.61. The van der Waals surface area contributed by atoms with Crippen LogP contribution in [0.5, 0.6) is 0 Å². The summed E-state index contributed by atoms with van der Waals surface area (Å²) >= 11 is 9.03. The van der Waals surface area contributed by atoms with Crippen LogP contribution in [0.4, 0.5) is 0 Å². The molecule has 0 unspecified atom stereocenters. The molecule has 0 saturated heterocycles. The molecular formula is C7H8O2S3. The lowest BCUT2D eigenvalue weighted by atomic mass is 10.2. The Morgan fingerprint density at radius 3 is 2.33 bits per heavy atom. The molecule has 0 radical (unpaired) electrons. The molecule has 5 heteroatoms. The van der Waals surface area contributed by atoms with Crippen molar-refractivity contribution in [2.24, 2.45) is 0 Å². The zero-order valence-electron chi connectivity index (χ0n) is 6.17. The predicted octanol–water partition coefficient (Wildman–Crippen LogP) is 1.67. The molecule has 1 aromatic carbocycles. The number of hydrogen-bond acceptors (Lipinski definition) is 3. The number of benzene rings is 1. The molecule has 0 aromatic heterocycles. The van der Waals surface area contributed by atoms with Gasteiger partial charge in [-0.2, -0.15) is 0 Å². The van der Waals surface area contributed by atoms with Crippen molar-refractivity contribution in [3.8, 4) is 0 Å². The van der Waals surface area contributed by atoms with E-state index in [0.29, 0.717) is 0 Å². The van der Waals surface area contributed by atoms with Gasteiger partial charge < -0.3 is 4.55 Å². The first kappa shape index (κ1) is 10.0. The topological polar surface area (TPSA) is 29.5 Å². The van der Waals surface area contributed by atoms with Gasteiger partial charge in [0.2, 0.25) is 0 Å². The Labute approximate surface area is 81.4 Å². The fourth-order valence-electron chi connectivity index (χ4n) is 0.717. The highest BCUT2D eigenvalue weighted by Gasteiger charge is 1.96. The maximum Gasteiger partial charge on any atom is 0.135 e. The summed E-state index contributed by atoms with van der Waals surface area (Å²) in [4.78, 5) is 0. The molecule has 1 N–H and O–H groups in total.